The van der Waals surface area contributed by atoms with Crippen molar-refractivity contribution in [1.82, 2.24) is 8.23 Å². The zero-order valence-corrected chi connectivity index (χ0v) is 9.58. The molecule has 62 valence electrons. The van der Waals surface area contributed by atoms with Gasteiger partial charge in [-0.1, -0.05) is 0 Å². The largest absolute Gasteiger partial charge is 0.233 e. The molecular weight excluding hydrogens is 239 g/mol. The Morgan fingerprint density at radius 3 is 1.50 bits per heavy atom. The maximum atomic E-state index is 2.33. The van der Waals surface area contributed by atoms with Crippen molar-refractivity contribution < 1.29 is 0 Å². The van der Waals surface area contributed by atoms with Gasteiger partial charge >= 0.3 is 0 Å². The van der Waals surface area contributed by atoms with Crippen molar-refractivity contribution in [2.24, 2.45) is 0 Å². The van der Waals surface area contributed by atoms with E-state index >= 15 is 0 Å². The lowest BCUT2D eigenvalue weighted by Gasteiger charge is -2.32. The van der Waals surface area contributed by atoms with Gasteiger partial charge in [-0.05, 0) is 27.7 Å². The first-order chi connectivity index (χ1) is 4.46. The lowest BCUT2D eigenvalue weighted by Crippen LogP contribution is -2.40. The molecule has 0 amide bonds. The van der Waals surface area contributed by atoms with E-state index in [1.165, 1.54) is 0 Å². The molecule has 0 aliphatic heterocycles. The van der Waals surface area contributed by atoms with Crippen LogP contribution < -0.4 is 0 Å². The first kappa shape index (κ1) is 10.7. The minimum atomic E-state index is 0.577. The molecule has 0 saturated heterocycles. The van der Waals surface area contributed by atoms with Crippen molar-refractivity contribution in [3.8, 4) is 0 Å². The summed E-state index contributed by atoms with van der Waals surface area (Å²) in [4.78, 5) is 0. The minimum absolute atomic E-state index is 0.577. The highest BCUT2D eigenvalue weighted by molar-refractivity contribution is 14.1. The summed E-state index contributed by atoms with van der Waals surface area (Å²) in [5.74, 6) is 0. The third-order valence-corrected chi connectivity index (χ3v) is 3.27. The number of hydrogen-bond acceptors (Lipinski definition) is 2. The quantitative estimate of drug-likeness (QED) is 0.434. The third-order valence-electron chi connectivity index (χ3n) is 1.47. The van der Waals surface area contributed by atoms with Gasteiger partial charge in [-0.15, -0.1) is 0 Å². The van der Waals surface area contributed by atoms with Gasteiger partial charge in [-0.2, -0.15) is 3.22 Å². The van der Waals surface area contributed by atoms with Gasteiger partial charge in [0.1, 0.15) is 0 Å². The van der Waals surface area contributed by atoms with Gasteiger partial charge in [0.2, 0.25) is 0 Å². The van der Waals surface area contributed by atoms with E-state index in [0.717, 1.165) is 0 Å². The van der Waals surface area contributed by atoms with Crippen LogP contribution in [0.3, 0.4) is 0 Å². The Labute approximate surface area is 78.0 Å². The monoisotopic (exact) mass is 256 g/mol. The zero-order chi connectivity index (χ0) is 8.31. The highest BCUT2D eigenvalue weighted by Gasteiger charge is 2.13. The summed E-state index contributed by atoms with van der Waals surface area (Å²) >= 11 is 2.33. The molecule has 0 saturated carbocycles. The van der Waals surface area contributed by atoms with Crippen LogP contribution in [0.4, 0.5) is 0 Å². The molecule has 0 aliphatic rings. The molecule has 3 heteroatoms. The molecule has 0 N–H and O–H groups in total. The Morgan fingerprint density at radius 2 is 1.40 bits per heavy atom. The van der Waals surface area contributed by atoms with Crippen molar-refractivity contribution in [2.45, 2.75) is 39.8 Å². The van der Waals surface area contributed by atoms with E-state index in [2.05, 4.69) is 65.8 Å². The summed E-state index contributed by atoms with van der Waals surface area (Å²) in [5.41, 5.74) is 0. The van der Waals surface area contributed by atoms with Crippen LogP contribution in [0.25, 0.3) is 0 Å². The van der Waals surface area contributed by atoms with Crippen LogP contribution in [0.1, 0.15) is 27.7 Å². The van der Waals surface area contributed by atoms with Crippen molar-refractivity contribution in [3.05, 3.63) is 0 Å². The second kappa shape index (κ2) is 4.51. The van der Waals surface area contributed by atoms with Crippen LogP contribution >= 0.6 is 22.9 Å². The third kappa shape index (κ3) is 3.16. The predicted octanol–water partition coefficient (Wildman–Crippen LogP) is 2.30. The smallest absolute Gasteiger partial charge is 0.0371 e. The molecule has 0 radical (unpaired) electrons. The van der Waals surface area contributed by atoms with Crippen LogP contribution in [-0.2, 0) is 0 Å². The van der Waals surface area contributed by atoms with E-state index in [1.807, 2.05) is 0 Å². The Bertz CT molecular complexity index is 81.6. The molecular formula is C7H17IN2. The van der Waals surface area contributed by atoms with Crippen LogP contribution in [0.15, 0.2) is 0 Å². The van der Waals surface area contributed by atoms with Gasteiger partial charge in [0.25, 0.3) is 0 Å². The van der Waals surface area contributed by atoms with Gasteiger partial charge in [0, 0.05) is 42.0 Å². The van der Waals surface area contributed by atoms with Crippen LogP contribution in [-0.4, -0.2) is 27.4 Å². The number of nitrogens with zero attached hydrogens (tertiary/aromatic N) is 2. The average Bonchev–Trinajstić information content (AvgIpc) is 1.84. The van der Waals surface area contributed by atoms with E-state index in [-0.39, 0.29) is 0 Å². The van der Waals surface area contributed by atoms with Gasteiger partial charge in [0.15, 0.2) is 0 Å². The second-order valence-electron chi connectivity index (χ2n) is 3.05. The van der Waals surface area contributed by atoms with E-state index < -0.39 is 0 Å². The fourth-order valence-corrected chi connectivity index (χ4v) is 1.08. The van der Waals surface area contributed by atoms with Crippen molar-refractivity contribution in [2.75, 3.05) is 7.05 Å². The Hall–Kier alpha value is 0.650. The molecule has 0 aromatic heterocycles. The second-order valence-corrected chi connectivity index (χ2v) is 4.04. The molecule has 10 heavy (non-hydrogen) atoms. The number of halogens is 1. The fourth-order valence-electron chi connectivity index (χ4n) is 0.585. The van der Waals surface area contributed by atoms with Crippen LogP contribution in [0.2, 0.25) is 0 Å². The number of hydrogen-bond donors (Lipinski definition) is 0. The molecule has 0 aliphatic carbocycles. The molecule has 0 spiro atoms. The molecule has 0 atom stereocenters. The highest BCUT2D eigenvalue weighted by atomic mass is 127. The summed E-state index contributed by atoms with van der Waals surface area (Å²) in [7, 11) is 2.11. The molecule has 0 aromatic rings. The topological polar surface area (TPSA) is 6.48 Å². The van der Waals surface area contributed by atoms with Crippen molar-refractivity contribution in [1.29, 1.82) is 0 Å². The summed E-state index contributed by atoms with van der Waals surface area (Å²) < 4.78 is 2.21. The number of hydrazine groups is 1. The summed E-state index contributed by atoms with van der Waals surface area (Å²) in [5, 5.41) is 2.23. The normalized spacial score (nSPS) is 12.6. The van der Waals surface area contributed by atoms with E-state index in [4.69, 9.17) is 0 Å². The fraction of sp³-hybridized carbons (Fsp3) is 1.00. The molecule has 0 heterocycles. The van der Waals surface area contributed by atoms with Crippen LogP contribution in [0.5, 0.6) is 0 Å². The van der Waals surface area contributed by atoms with Crippen LogP contribution in [0, 0.1) is 0 Å². The molecule has 0 rings (SSSR count). The van der Waals surface area contributed by atoms with Gasteiger partial charge in [0.05, 0.1) is 0 Å². The van der Waals surface area contributed by atoms with Gasteiger partial charge in [-0.3, -0.25) is 0 Å². The van der Waals surface area contributed by atoms with E-state index in [0.29, 0.717) is 12.1 Å². The van der Waals surface area contributed by atoms with Gasteiger partial charge in [-0.25, -0.2) is 5.01 Å². The standard InChI is InChI=1S/C7H17IN2/c1-6(2)9(5)10(8)7(3)4/h6-7H,1-5H3. The molecule has 2 nitrogen and oxygen atoms in total. The summed E-state index contributed by atoms with van der Waals surface area (Å²) in [6, 6.07) is 1.16. The SMILES string of the molecule is CC(C)N(C)N(I)C(C)C. The van der Waals surface area contributed by atoms with Crippen molar-refractivity contribution >= 4 is 22.9 Å². The Kier molecular flexibility index (Phi) is 4.81. The number of rotatable bonds is 3. The highest BCUT2D eigenvalue weighted by Crippen LogP contribution is 2.11. The predicted molar refractivity (Wildman–Crippen MR) is 53.9 cm³/mol. The lowest BCUT2D eigenvalue weighted by molar-refractivity contribution is 0.0655. The zero-order valence-electron chi connectivity index (χ0n) is 7.43. The molecule has 0 aromatic carbocycles. The lowest BCUT2D eigenvalue weighted by atomic mass is 10.4. The van der Waals surface area contributed by atoms with Crippen molar-refractivity contribution in [3.63, 3.8) is 0 Å². The van der Waals surface area contributed by atoms with Gasteiger partial charge < -0.3 is 0 Å². The average molecular weight is 256 g/mol. The maximum absolute atomic E-state index is 2.33. The molecule has 0 bridgehead atoms. The minimum Gasteiger partial charge on any atom is -0.233 e. The summed E-state index contributed by atoms with van der Waals surface area (Å²) in [6.45, 7) is 8.75. The maximum Gasteiger partial charge on any atom is 0.0371 e. The van der Waals surface area contributed by atoms with E-state index in [1.54, 1.807) is 0 Å². The van der Waals surface area contributed by atoms with E-state index in [9.17, 15) is 0 Å². The Balaban J connectivity index is 3.81. The molecule has 0 unspecified atom stereocenters. The summed E-state index contributed by atoms with van der Waals surface area (Å²) in [6.07, 6.45) is 0. The first-order valence-electron chi connectivity index (χ1n) is 3.64. The molecule has 0 fully saturated rings. The Morgan fingerprint density at radius 1 is 1.00 bits per heavy atom. The first-order valence-corrected chi connectivity index (χ1v) is 4.61.